The molecule has 0 spiro atoms. The van der Waals surface area contributed by atoms with Crippen molar-refractivity contribution in [2.24, 2.45) is 0 Å². The lowest BCUT2D eigenvalue weighted by Crippen LogP contribution is -2.14. The molecular formula is C20H19N5O2S2. The number of thiazole rings is 1. The molecule has 2 heterocycles. The molecule has 0 saturated heterocycles. The maximum absolute atomic E-state index is 12.1. The number of thioether (sulfide) groups is 1. The third-order valence-corrected chi connectivity index (χ3v) is 5.88. The molecule has 1 N–H and O–H groups in total. The van der Waals surface area contributed by atoms with Crippen LogP contribution in [0.25, 0.3) is 10.8 Å². The van der Waals surface area contributed by atoms with Gasteiger partial charge in [0.1, 0.15) is 12.4 Å². The number of nitrogens with one attached hydrogen (secondary N) is 1. The lowest BCUT2D eigenvalue weighted by Gasteiger charge is -2.10. The van der Waals surface area contributed by atoms with E-state index in [1.165, 1.54) is 23.1 Å². The number of rotatable bonds is 8. The molecule has 0 bridgehead atoms. The smallest absolute Gasteiger partial charge is 0.236 e. The fraction of sp³-hybridized carbons (Fsp3) is 0.200. The van der Waals surface area contributed by atoms with Crippen LogP contribution in [0, 0.1) is 0 Å². The number of anilines is 1. The monoisotopic (exact) mass is 425 g/mol. The first kappa shape index (κ1) is 19.4. The van der Waals surface area contributed by atoms with Crippen LogP contribution in [-0.2, 0) is 17.9 Å². The summed E-state index contributed by atoms with van der Waals surface area (Å²) in [5, 5.41) is 16.6. The summed E-state index contributed by atoms with van der Waals surface area (Å²) >= 11 is 2.73. The minimum atomic E-state index is -0.121. The van der Waals surface area contributed by atoms with Gasteiger partial charge < -0.3 is 14.6 Å². The normalized spacial score (nSPS) is 10.9. The van der Waals surface area contributed by atoms with E-state index in [0.29, 0.717) is 23.4 Å². The molecule has 0 aliphatic heterocycles. The highest BCUT2D eigenvalue weighted by atomic mass is 32.2. The SMILES string of the molecule is CCn1c(COc2cccc3ccccc23)nnc1SCC(=O)Nc1nccs1. The van der Waals surface area contributed by atoms with Gasteiger partial charge in [-0.05, 0) is 18.4 Å². The Balaban J connectivity index is 1.41. The molecule has 0 unspecified atom stereocenters. The molecule has 0 fully saturated rings. The van der Waals surface area contributed by atoms with Crippen LogP contribution in [0.1, 0.15) is 12.7 Å². The fourth-order valence-corrected chi connectivity index (χ4v) is 4.25. The van der Waals surface area contributed by atoms with Crippen LogP contribution in [0.5, 0.6) is 5.75 Å². The first-order valence-corrected chi connectivity index (χ1v) is 11.0. The Morgan fingerprint density at radius 1 is 1.21 bits per heavy atom. The average molecular weight is 426 g/mol. The van der Waals surface area contributed by atoms with Crippen molar-refractivity contribution in [3.05, 3.63) is 59.9 Å². The molecule has 2 aromatic heterocycles. The first-order valence-electron chi connectivity index (χ1n) is 9.09. The number of ether oxygens (including phenoxy) is 1. The maximum Gasteiger partial charge on any atom is 0.236 e. The highest BCUT2D eigenvalue weighted by molar-refractivity contribution is 7.99. The summed E-state index contributed by atoms with van der Waals surface area (Å²) in [5.74, 6) is 1.65. The van der Waals surface area contributed by atoms with Gasteiger partial charge in [0.25, 0.3) is 0 Å². The number of nitrogens with zero attached hydrogens (tertiary/aromatic N) is 4. The van der Waals surface area contributed by atoms with Gasteiger partial charge in [0.2, 0.25) is 5.91 Å². The van der Waals surface area contributed by atoms with Crippen LogP contribution in [0.4, 0.5) is 5.13 Å². The Hall–Kier alpha value is -2.91. The van der Waals surface area contributed by atoms with Gasteiger partial charge in [0, 0.05) is 23.5 Å². The second kappa shape index (κ2) is 9.06. The van der Waals surface area contributed by atoms with E-state index in [9.17, 15) is 4.79 Å². The average Bonchev–Trinajstić information content (AvgIpc) is 3.40. The summed E-state index contributed by atoms with van der Waals surface area (Å²) in [6.45, 7) is 3.02. The molecule has 0 aliphatic rings. The van der Waals surface area contributed by atoms with Crippen LogP contribution in [0.2, 0.25) is 0 Å². The van der Waals surface area contributed by atoms with E-state index in [4.69, 9.17) is 4.74 Å². The number of benzene rings is 2. The zero-order valence-corrected chi connectivity index (χ0v) is 17.4. The van der Waals surface area contributed by atoms with Crippen molar-refractivity contribution in [1.82, 2.24) is 19.7 Å². The predicted molar refractivity (Wildman–Crippen MR) is 115 cm³/mol. The highest BCUT2D eigenvalue weighted by Crippen LogP contribution is 2.26. The summed E-state index contributed by atoms with van der Waals surface area (Å²) < 4.78 is 8.00. The number of carbonyl (C=O) groups is 1. The Labute approximate surface area is 176 Å². The standard InChI is InChI=1S/C20H19N5O2S2/c1-2-25-17(12-27-16-9-5-7-14-6-3-4-8-15(14)16)23-24-20(25)29-13-18(26)22-19-21-10-11-28-19/h3-11H,2,12-13H2,1H3,(H,21,22,26). The van der Waals surface area contributed by atoms with Gasteiger partial charge in [-0.2, -0.15) is 0 Å². The lowest BCUT2D eigenvalue weighted by molar-refractivity contribution is -0.113. The Morgan fingerprint density at radius 2 is 2.07 bits per heavy atom. The minimum absolute atomic E-state index is 0.121. The summed E-state index contributed by atoms with van der Waals surface area (Å²) in [6.07, 6.45) is 1.66. The van der Waals surface area contributed by atoms with Crippen molar-refractivity contribution in [1.29, 1.82) is 0 Å². The molecule has 4 aromatic rings. The van der Waals surface area contributed by atoms with Crippen molar-refractivity contribution in [2.75, 3.05) is 11.1 Å². The molecule has 4 rings (SSSR count). The number of carbonyl (C=O) groups excluding carboxylic acids is 1. The van der Waals surface area contributed by atoms with Crippen LogP contribution < -0.4 is 10.1 Å². The predicted octanol–water partition coefficient (Wildman–Crippen LogP) is 4.22. The number of amides is 1. The molecule has 9 heteroatoms. The molecule has 2 aromatic carbocycles. The zero-order chi connectivity index (χ0) is 20.1. The second-order valence-corrected chi connectivity index (χ2v) is 7.92. The van der Waals surface area contributed by atoms with Crippen LogP contribution >= 0.6 is 23.1 Å². The van der Waals surface area contributed by atoms with Crippen molar-refractivity contribution in [3.63, 3.8) is 0 Å². The number of hydrogen-bond acceptors (Lipinski definition) is 7. The van der Waals surface area contributed by atoms with E-state index in [0.717, 1.165) is 22.3 Å². The first-order chi connectivity index (χ1) is 14.2. The summed E-state index contributed by atoms with van der Waals surface area (Å²) in [5.41, 5.74) is 0. The summed E-state index contributed by atoms with van der Waals surface area (Å²) in [7, 11) is 0. The van der Waals surface area contributed by atoms with E-state index in [2.05, 4.69) is 32.6 Å². The van der Waals surface area contributed by atoms with E-state index in [1.54, 1.807) is 6.20 Å². The highest BCUT2D eigenvalue weighted by Gasteiger charge is 2.14. The number of aromatic nitrogens is 4. The quantitative estimate of drug-likeness (QED) is 0.426. The van der Waals surface area contributed by atoms with Gasteiger partial charge in [0.15, 0.2) is 16.1 Å². The van der Waals surface area contributed by atoms with E-state index in [-0.39, 0.29) is 11.7 Å². The topological polar surface area (TPSA) is 81.9 Å². The molecule has 0 atom stereocenters. The third-order valence-electron chi connectivity index (χ3n) is 4.23. The Morgan fingerprint density at radius 3 is 2.90 bits per heavy atom. The van der Waals surface area contributed by atoms with Gasteiger partial charge in [0.05, 0.1) is 5.75 Å². The Kier molecular flexibility index (Phi) is 6.06. The second-order valence-electron chi connectivity index (χ2n) is 6.08. The molecule has 1 amide bonds. The van der Waals surface area contributed by atoms with Crippen LogP contribution in [-0.4, -0.2) is 31.4 Å². The third kappa shape index (κ3) is 4.57. The van der Waals surface area contributed by atoms with E-state index in [1.807, 2.05) is 47.2 Å². The molecular weight excluding hydrogens is 406 g/mol. The van der Waals surface area contributed by atoms with Crippen molar-refractivity contribution in [2.45, 2.75) is 25.2 Å². The van der Waals surface area contributed by atoms with Crippen molar-refractivity contribution >= 4 is 44.9 Å². The van der Waals surface area contributed by atoms with Gasteiger partial charge in [-0.25, -0.2) is 4.98 Å². The van der Waals surface area contributed by atoms with Gasteiger partial charge in [-0.15, -0.1) is 21.5 Å². The summed E-state index contributed by atoms with van der Waals surface area (Å²) in [6, 6.07) is 14.1. The van der Waals surface area contributed by atoms with Gasteiger partial charge in [-0.3, -0.25) is 4.79 Å². The van der Waals surface area contributed by atoms with Gasteiger partial charge >= 0.3 is 0 Å². The number of hydrogen-bond donors (Lipinski definition) is 1. The molecule has 148 valence electrons. The van der Waals surface area contributed by atoms with Crippen LogP contribution in [0.3, 0.4) is 0 Å². The fourth-order valence-electron chi connectivity index (χ4n) is 2.88. The molecule has 0 aliphatic carbocycles. The van der Waals surface area contributed by atoms with Crippen molar-refractivity contribution < 1.29 is 9.53 Å². The zero-order valence-electron chi connectivity index (χ0n) is 15.7. The van der Waals surface area contributed by atoms with Crippen LogP contribution in [0.15, 0.2) is 59.2 Å². The Bertz CT molecular complexity index is 1110. The van der Waals surface area contributed by atoms with E-state index < -0.39 is 0 Å². The molecule has 0 radical (unpaired) electrons. The van der Waals surface area contributed by atoms with E-state index >= 15 is 0 Å². The van der Waals surface area contributed by atoms with Gasteiger partial charge in [-0.1, -0.05) is 48.2 Å². The molecule has 0 saturated carbocycles. The number of fused-ring (bicyclic) bond motifs is 1. The maximum atomic E-state index is 12.1. The molecule has 29 heavy (non-hydrogen) atoms. The largest absolute Gasteiger partial charge is 0.485 e. The molecule has 7 nitrogen and oxygen atoms in total. The minimum Gasteiger partial charge on any atom is -0.485 e. The summed E-state index contributed by atoms with van der Waals surface area (Å²) in [4.78, 5) is 16.1. The van der Waals surface area contributed by atoms with Crippen molar-refractivity contribution in [3.8, 4) is 5.75 Å². The lowest BCUT2D eigenvalue weighted by atomic mass is 10.1.